The number of guanidine groups is 1. The number of aromatic nitrogens is 1. The molecule has 26 heavy (non-hydrogen) atoms. The molecule has 2 N–H and O–H groups in total. The summed E-state index contributed by atoms with van der Waals surface area (Å²) in [6.45, 7) is 5.97. The first-order chi connectivity index (χ1) is 12.2. The van der Waals surface area contributed by atoms with Gasteiger partial charge in [0.2, 0.25) is 0 Å². The van der Waals surface area contributed by atoms with Gasteiger partial charge >= 0.3 is 0 Å². The van der Waals surface area contributed by atoms with Crippen LogP contribution in [-0.2, 0) is 10.3 Å². The lowest BCUT2D eigenvalue weighted by molar-refractivity contribution is -0.133. The Bertz CT molecular complexity index is 951. The van der Waals surface area contributed by atoms with Crippen LogP contribution in [0.15, 0.2) is 41.7 Å². The second-order valence-corrected chi connectivity index (χ2v) is 7.63. The molecule has 1 amide bonds. The summed E-state index contributed by atoms with van der Waals surface area (Å²) >= 11 is 0. The highest BCUT2D eigenvalue weighted by atomic mass is 16.5. The number of ether oxygens (including phenoxy) is 1. The average molecular weight is 350 g/mol. The van der Waals surface area contributed by atoms with Crippen LogP contribution in [0.5, 0.6) is 5.75 Å². The van der Waals surface area contributed by atoms with Crippen molar-refractivity contribution in [2.75, 3.05) is 7.05 Å². The van der Waals surface area contributed by atoms with E-state index in [0.29, 0.717) is 12.2 Å². The Labute approximate surface area is 152 Å². The average Bonchev–Trinajstić information content (AvgIpc) is 2.79. The van der Waals surface area contributed by atoms with Crippen molar-refractivity contribution in [3.05, 3.63) is 47.8 Å². The fourth-order valence-corrected chi connectivity index (χ4v) is 3.91. The number of fused-ring (bicyclic) bond motifs is 2. The van der Waals surface area contributed by atoms with Gasteiger partial charge in [-0.1, -0.05) is 6.07 Å². The zero-order chi connectivity index (χ0) is 18.7. The maximum atomic E-state index is 13.1. The molecule has 0 saturated carbocycles. The van der Waals surface area contributed by atoms with E-state index in [1.807, 2.05) is 51.2 Å². The third-order valence-electron chi connectivity index (χ3n) is 5.15. The second-order valence-electron chi connectivity index (χ2n) is 7.63. The lowest BCUT2D eigenvalue weighted by atomic mass is 9.77. The van der Waals surface area contributed by atoms with Gasteiger partial charge in [-0.25, -0.2) is 4.99 Å². The maximum Gasteiger partial charge on any atom is 0.261 e. The van der Waals surface area contributed by atoms with Gasteiger partial charge in [-0.05, 0) is 50.1 Å². The molecule has 2 aliphatic rings. The van der Waals surface area contributed by atoms with E-state index in [2.05, 4.69) is 9.98 Å². The van der Waals surface area contributed by atoms with Crippen molar-refractivity contribution < 1.29 is 9.53 Å². The summed E-state index contributed by atoms with van der Waals surface area (Å²) in [7, 11) is 1.66. The van der Waals surface area contributed by atoms with Crippen LogP contribution in [0, 0.1) is 6.92 Å². The molecule has 1 unspecified atom stereocenters. The molecule has 6 heteroatoms. The van der Waals surface area contributed by atoms with E-state index in [9.17, 15) is 4.79 Å². The van der Waals surface area contributed by atoms with E-state index in [-0.39, 0.29) is 11.9 Å². The molecular formula is C20H22N4O2. The Morgan fingerprint density at radius 3 is 2.69 bits per heavy atom. The van der Waals surface area contributed by atoms with Crippen LogP contribution in [0.2, 0.25) is 0 Å². The summed E-state index contributed by atoms with van der Waals surface area (Å²) in [5.74, 6) is 0.793. The van der Waals surface area contributed by atoms with Crippen molar-refractivity contribution in [2.45, 2.75) is 38.3 Å². The van der Waals surface area contributed by atoms with Gasteiger partial charge in [-0.2, -0.15) is 0 Å². The lowest BCUT2D eigenvalue weighted by Gasteiger charge is -2.41. The van der Waals surface area contributed by atoms with Crippen LogP contribution in [0.25, 0.3) is 11.1 Å². The molecule has 0 saturated heterocycles. The zero-order valence-electron chi connectivity index (χ0n) is 15.4. The predicted octanol–water partition coefficient (Wildman–Crippen LogP) is 2.60. The third kappa shape index (κ3) is 2.29. The van der Waals surface area contributed by atoms with Gasteiger partial charge < -0.3 is 10.5 Å². The summed E-state index contributed by atoms with van der Waals surface area (Å²) in [4.78, 5) is 23.4. The quantitative estimate of drug-likeness (QED) is 0.857. The minimum absolute atomic E-state index is 0.118. The molecular weight excluding hydrogens is 328 g/mol. The predicted molar refractivity (Wildman–Crippen MR) is 99.8 cm³/mol. The Morgan fingerprint density at radius 1 is 1.27 bits per heavy atom. The molecule has 0 fully saturated rings. The van der Waals surface area contributed by atoms with Crippen molar-refractivity contribution in [1.82, 2.24) is 9.88 Å². The smallest absolute Gasteiger partial charge is 0.261 e. The van der Waals surface area contributed by atoms with Gasteiger partial charge in [-0.3, -0.25) is 14.7 Å². The minimum atomic E-state index is -1.04. The zero-order valence-corrected chi connectivity index (χ0v) is 15.4. The third-order valence-corrected chi connectivity index (χ3v) is 5.15. The van der Waals surface area contributed by atoms with Crippen LogP contribution < -0.4 is 10.5 Å². The van der Waals surface area contributed by atoms with Crippen LogP contribution in [0.4, 0.5) is 0 Å². The van der Waals surface area contributed by atoms with Gasteiger partial charge in [0.05, 0.1) is 0 Å². The number of hydrogen-bond acceptors (Lipinski definition) is 5. The SMILES string of the molecule is Cc1ccncc1-c1ccc2c(c1)C1(CC(C)(C)O2)N=C(N)N(C)C1=O. The van der Waals surface area contributed by atoms with Crippen LogP contribution in [0.3, 0.4) is 0 Å². The number of nitrogens with zero attached hydrogens (tertiary/aromatic N) is 3. The van der Waals surface area contributed by atoms with Crippen molar-refractivity contribution in [1.29, 1.82) is 0 Å². The molecule has 3 heterocycles. The van der Waals surface area contributed by atoms with E-state index in [1.54, 1.807) is 13.2 Å². The van der Waals surface area contributed by atoms with Crippen LogP contribution in [0.1, 0.15) is 31.4 Å². The number of aryl methyl sites for hydroxylation is 1. The fourth-order valence-electron chi connectivity index (χ4n) is 3.91. The van der Waals surface area contributed by atoms with Gasteiger partial charge in [-0.15, -0.1) is 0 Å². The molecule has 0 bridgehead atoms. The molecule has 4 rings (SSSR count). The van der Waals surface area contributed by atoms with Gasteiger partial charge in [0.1, 0.15) is 11.4 Å². The summed E-state index contributed by atoms with van der Waals surface area (Å²) in [6, 6.07) is 7.86. The largest absolute Gasteiger partial charge is 0.487 e. The fraction of sp³-hybridized carbons (Fsp3) is 0.350. The van der Waals surface area contributed by atoms with E-state index in [0.717, 1.165) is 22.3 Å². The summed E-state index contributed by atoms with van der Waals surface area (Å²) in [5.41, 5.74) is 8.31. The Morgan fingerprint density at radius 2 is 2.04 bits per heavy atom. The highest BCUT2D eigenvalue weighted by Gasteiger charge is 2.55. The van der Waals surface area contributed by atoms with Crippen molar-refractivity contribution in [3.8, 4) is 16.9 Å². The normalized spacial score (nSPS) is 23.6. The number of carbonyl (C=O) groups excluding carboxylic acids is 1. The summed E-state index contributed by atoms with van der Waals surface area (Å²) in [5, 5.41) is 0. The molecule has 2 aliphatic heterocycles. The van der Waals surface area contributed by atoms with E-state index >= 15 is 0 Å². The number of pyridine rings is 1. The Kier molecular flexibility index (Phi) is 3.38. The van der Waals surface area contributed by atoms with Crippen LogP contribution >= 0.6 is 0 Å². The Balaban J connectivity index is 1.95. The number of amides is 1. The molecule has 1 aromatic heterocycles. The van der Waals surface area contributed by atoms with Gasteiger partial charge in [0.25, 0.3) is 5.91 Å². The first-order valence-electron chi connectivity index (χ1n) is 8.61. The number of nitrogens with two attached hydrogens (primary N) is 1. The monoisotopic (exact) mass is 350 g/mol. The van der Waals surface area contributed by atoms with Crippen molar-refractivity contribution in [2.24, 2.45) is 10.7 Å². The highest BCUT2D eigenvalue weighted by molar-refractivity contribution is 6.07. The van der Waals surface area contributed by atoms with E-state index < -0.39 is 11.1 Å². The molecule has 1 spiro atoms. The first-order valence-corrected chi connectivity index (χ1v) is 8.61. The Hall–Kier alpha value is -2.89. The number of aliphatic imine (C=N–C) groups is 1. The van der Waals surface area contributed by atoms with Crippen LogP contribution in [-0.4, -0.2) is 34.4 Å². The molecule has 1 atom stereocenters. The molecule has 6 nitrogen and oxygen atoms in total. The number of hydrogen-bond donors (Lipinski definition) is 1. The second kappa shape index (κ2) is 5.30. The first kappa shape index (κ1) is 16.6. The van der Waals surface area contributed by atoms with E-state index in [1.165, 1.54) is 4.90 Å². The number of likely N-dealkylation sites (N-methyl/N-ethyl adjacent to an activating group) is 1. The minimum Gasteiger partial charge on any atom is -0.487 e. The van der Waals surface area contributed by atoms with Crippen molar-refractivity contribution >= 4 is 11.9 Å². The molecule has 0 radical (unpaired) electrons. The maximum absolute atomic E-state index is 13.1. The van der Waals surface area contributed by atoms with Gasteiger partial charge in [0.15, 0.2) is 11.5 Å². The number of carbonyl (C=O) groups is 1. The van der Waals surface area contributed by atoms with Gasteiger partial charge in [0, 0.05) is 37.0 Å². The molecule has 134 valence electrons. The lowest BCUT2D eigenvalue weighted by Crippen LogP contribution is -2.49. The number of benzene rings is 1. The molecule has 1 aromatic carbocycles. The van der Waals surface area contributed by atoms with E-state index in [4.69, 9.17) is 10.5 Å². The summed E-state index contributed by atoms with van der Waals surface area (Å²) in [6.07, 6.45) is 4.04. The van der Waals surface area contributed by atoms with Crippen molar-refractivity contribution in [3.63, 3.8) is 0 Å². The molecule has 0 aliphatic carbocycles. The standard InChI is InChI=1S/C20H22N4O2/c1-12-7-8-22-10-14(12)13-5-6-16-15(9-13)20(11-19(2,3)26-16)17(25)24(4)18(21)23-20/h5-10H,11H2,1-4H3,(H2,21,23). The topological polar surface area (TPSA) is 80.8 Å². The highest BCUT2D eigenvalue weighted by Crippen LogP contribution is 2.49. The molecule has 2 aromatic rings. The number of rotatable bonds is 1. The summed E-state index contributed by atoms with van der Waals surface area (Å²) < 4.78 is 6.15.